The number of halogens is 4. The molecule has 0 heterocycles. The Morgan fingerprint density at radius 2 is 1.67 bits per heavy atom. The Kier molecular flexibility index (Phi) is 6.08. The predicted octanol–water partition coefficient (Wildman–Crippen LogP) is 6.41. The molecule has 5 heteroatoms. The quantitative estimate of drug-likeness (QED) is 0.526. The molecule has 2 aromatic carbocycles. The van der Waals surface area contributed by atoms with Crippen molar-refractivity contribution < 1.29 is 22.3 Å². The minimum Gasteiger partial charge on any atom is -0.403 e. The number of ether oxygens (including phenoxy) is 1. The molecule has 0 bridgehead atoms. The highest BCUT2D eigenvalue weighted by molar-refractivity contribution is 5.39. The minimum absolute atomic E-state index is 0.372. The summed E-state index contributed by atoms with van der Waals surface area (Å²) in [5.74, 6) is -1.18. The smallest absolute Gasteiger partial charge is 0.403 e. The van der Waals surface area contributed by atoms with E-state index < -0.39 is 17.9 Å². The Morgan fingerprint density at radius 3 is 2.30 bits per heavy atom. The summed E-state index contributed by atoms with van der Waals surface area (Å²) in [7, 11) is 0. The van der Waals surface area contributed by atoms with Crippen LogP contribution in [0.5, 0.6) is 5.75 Å². The van der Waals surface area contributed by atoms with Gasteiger partial charge in [0.15, 0.2) is 11.6 Å². The Morgan fingerprint density at radius 1 is 1.00 bits per heavy atom. The summed E-state index contributed by atoms with van der Waals surface area (Å²) in [4.78, 5) is 0. The number of benzene rings is 2. The van der Waals surface area contributed by atoms with Crippen molar-refractivity contribution in [1.82, 2.24) is 0 Å². The molecule has 1 nitrogen and oxygen atoms in total. The van der Waals surface area contributed by atoms with Gasteiger partial charge in [-0.2, -0.15) is 0 Å². The van der Waals surface area contributed by atoms with Crippen molar-refractivity contribution in [3.63, 3.8) is 0 Å². The summed E-state index contributed by atoms with van der Waals surface area (Å²) >= 11 is 0. The third-order valence-corrected chi connectivity index (χ3v) is 5.24. The fourth-order valence-corrected chi connectivity index (χ4v) is 3.84. The van der Waals surface area contributed by atoms with Crippen molar-refractivity contribution in [2.75, 3.05) is 0 Å². The molecule has 1 atom stereocenters. The van der Waals surface area contributed by atoms with Crippen LogP contribution in [-0.4, -0.2) is 6.36 Å². The maximum atomic E-state index is 14.3. The first kappa shape index (κ1) is 19.7. The van der Waals surface area contributed by atoms with Crippen molar-refractivity contribution in [2.24, 2.45) is 5.92 Å². The highest BCUT2D eigenvalue weighted by Gasteiger charge is 2.33. The first-order valence-corrected chi connectivity index (χ1v) is 9.49. The van der Waals surface area contributed by atoms with Gasteiger partial charge in [-0.3, -0.25) is 0 Å². The Hall–Kier alpha value is -2.04. The lowest BCUT2D eigenvalue weighted by molar-refractivity contribution is -0.275. The van der Waals surface area contributed by atoms with E-state index in [2.05, 4.69) is 35.9 Å². The fraction of sp³-hybridized carbons (Fsp3) is 0.455. The Balaban J connectivity index is 1.60. The molecule has 0 aliphatic heterocycles. The zero-order valence-electron chi connectivity index (χ0n) is 15.4. The van der Waals surface area contributed by atoms with E-state index >= 15 is 0 Å². The second-order valence-electron chi connectivity index (χ2n) is 7.28. The van der Waals surface area contributed by atoms with Crippen molar-refractivity contribution in [2.45, 2.75) is 58.2 Å². The molecule has 0 saturated heterocycles. The van der Waals surface area contributed by atoms with E-state index in [9.17, 15) is 17.6 Å². The van der Waals surface area contributed by atoms with Gasteiger partial charge >= 0.3 is 6.36 Å². The lowest BCUT2D eigenvalue weighted by atomic mass is 9.80. The van der Waals surface area contributed by atoms with E-state index in [-0.39, 0.29) is 0 Å². The van der Waals surface area contributed by atoms with Gasteiger partial charge in [0.05, 0.1) is 0 Å². The number of hydrogen-bond acceptors (Lipinski definition) is 1. The Labute approximate surface area is 157 Å². The summed E-state index contributed by atoms with van der Waals surface area (Å²) < 4.78 is 55.2. The van der Waals surface area contributed by atoms with E-state index in [0.29, 0.717) is 24.3 Å². The molecule has 0 aromatic heterocycles. The molecule has 0 radical (unpaired) electrons. The van der Waals surface area contributed by atoms with Crippen molar-refractivity contribution in [3.8, 4) is 5.75 Å². The number of rotatable bonds is 6. The van der Waals surface area contributed by atoms with Crippen LogP contribution in [0.1, 0.15) is 48.4 Å². The van der Waals surface area contributed by atoms with Crippen LogP contribution >= 0.6 is 0 Å². The van der Waals surface area contributed by atoms with Crippen LogP contribution in [0.3, 0.4) is 0 Å². The minimum atomic E-state index is -4.88. The molecule has 27 heavy (non-hydrogen) atoms. The molecule has 3 rings (SSSR count). The second kappa shape index (κ2) is 8.32. The maximum Gasteiger partial charge on any atom is 0.573 e. The van der Waals surface area contributed by atoms with Crippen LogP contribution in [0.4, 0.5) is 17.6 Å². The Bertz CT molecular complexity index is 765. The predicted molar refractivity (Wildman–Crippen MR) is 97.4 cm³/mol. The van der Waals surface area contributed by atoms with Gasteiger partial charge in [0.2, 0.25) is 0 Å². The first-order valence-electron chi connectivity index (χ1n) is 9.49. The van der Waals surface area contributed by atoms with Crippen LogP contribution < -0.4 is 4.74 Å². The molecule has 0 saturated carbocycles. The molecule has 0 amide bonds. The number of hydrogen-bond donors (Lipinski definition) is 0. The summed E-state index contributed by atoms with van der Waals surface area (Å²) in [5.41, 5.74) is 3.81. The van der Waals surface area contributed by atoms with Crippen LogP contribution in [-0.2, 0) is 25.7 Å². The zero-order valence-corrected chi connectivity index (χ0v) is 15.4. The lowest BCUT2D eigenvalue weighted by Gasteiger charge is -2.26. The maximum absolute atomic E-state index is 14.3. The molecule has 0 fully saturated rings. The van der Waals surface area contributed by atoms with E-state index in [1.54, 1.807) is 6.07 Å². The van der Waals surface area contributed by atoms with Crippen molar-refractivity contribution in [1.29, 1.82) is 0 Å². The highest BCUT2D eigenvalue weighted by Crippen LogP contribution is 2.35. The third kappa shape index (κ3) is 5.24. The molecule has 1 aliphatic rings. The van der Waals surface area contributed by atoms with E-state index in [0.717, 1.165) is 43.7 Å². The molecule has 0 N–H and O–H groups in total. The summed E-state index contributed by atoms with van der Waals surface area (Å²) in [6.45, 7) is 2.16. The summed E-state index contributed by atoms with van der Waals surface area (Å²) in [6, 6.07) is 11.4. The van der Waals surface area contributed by atoms with Crippen LogP contribution in [0.2, 0.25) is 0 Å². The van der Waals surface area contributed by atoms with E-state index in [1.807, 2.05) is 0 Å². The third-order valence-electron chi connectivity index (χ3n) is 5.24. The number of aryl methyl sites for hydroxylation is 2. The van der Waals surface area contributed by atoms with Gasteiger partial charge in [-0.15, -0.1) is 13.2 Å². The van der Waals surface area contributed by atoms with Gasteiger partial charge in [0.25, 0.3) is 0 Å². The monoisotopic (exact) mass is 380 g/mol. The molecule has 1 unspecified atom stereocenters. The molecule has 0 spiro atoms. The number of fused-ring (bicyclic) bond motifs is 1. The van der Waals surface area contributed by atoms with Crippen LogP contribution in [0, 0.1) is 11.7 Å². The van der Waals surface area contributed by atoms with Gasteiger partial charge in [0, 0.05) is 0 Å². The van der Waals surface area contributed by atoms with Crippen molar-refractivity contribution >= 4 is 0 Å². The topological polar surface area (TPSA) is 9.23 Å². The van der Waals surface area contributed by atoms with Crippen LogP contribution in [0.25, 0.3) is 0 Å². The summed E-state index contributed by atoms with van der Waals surface area (Å²) in [6.07, 6.45) is 1.24. The molecular weight excluding hydrogens is 356 g/mol. The van der Waals surface area contributed by atoms with Gasteiger partial charge in [-0.05, 0) is 72.8 Å². The van der Waals surface area contributed by atoms with Gasteiger partial charge < -0.3 is 4.74 Å². The second-order valence-corrected chi connectivity index (χ2v) is 7.28. The average molecular weight is 380 g/mol. The fourth-order valence-electron chi connectivity index (χ4n) is 3.84. The lowest BCUT2D eigenvalue weighted by Crippen LogP contribution is -2.20. The van der Waals surface area contributed by atoms with E-state index in [4.69, 9.17) is 0 Å². The van der Waals surface area contributed by atoms with Crippen LogP contribution in [0.15, 0.2) is 36.4 Å². The molecule has 1 aliphatic carbocycles. The zero-order chi connectivity index (χ0) is 19.4. The highest BCUT2D eigenvalue weighted by atomic mass is 19.4. The normalized spacial score (nSPS) is 16.9. The summed E-state index contributed by atoms with van der Waals surface area (Å²) in [5, 5.41) is 0. The van der Waals surface area contributed by atoms with Gasteiger partial charge in [-0.1, -0.05) is 43.7 Å². The standard InChI is InChI=1S/C22H24F4O/c1-2-3-15-4-6-16(7-5-15)8-9-17-10-12-19-18(14-17)11-13-20(21(19)23)27-22(24,25)26/h4-7,11,13,17H,2-3,8-10,12,14H2,1H3. The first-order chi connectivity index (χ1) is 12.9. The average Bonchev–Trinajstić information content (AvgIpc) is 2.63. The van der Waals surface area contributed by atoms with Gasteiger partial charge in [-0.25, -0.2) is 4.39 Å². The molecule has 146 valence electrons. The largest absolute Gasteiger partial charge is 0.573 e. The molecular formula is C22H24F4O. The molecule has 2 aromatic rings. The van der Waals surface area contributed by atoms with E-state index in [1.165, 1.54) is 11.1 Å². The SMILES string of the molecule is CCCc1ccc(CCC2CCc3c(ccc(OC(F)(F)F)c3F)C2)cc1. The number of alkyl halides is 3. The van der Waals surface area contributed by atoms with Gasteiger partial charge in [0.1, 0.15) is 0 Å². The van der Waals surface area contributed by atoms with Crippen molar-refractivity contribution in [3.05, 3.63) is 64.5 Å².